The second kappa shape index (κ2) is 5.46. The van der Waals surface area contributed by atoms with Gasteiger partial charge in [-0.05, 0) is 12.8 Å². The first-order valence-corrected chi connectivity index (χ1v) is 8.47. The molecule has 1 unspecified atom stereocenters. The van der Waals surface area contributed by atoms with E-state index in [1.807, 2.05) is 5.38 Å². The van der Waals surface area contributed by atoms with Crippen LogP contribution in [0.3, 0.4) is 0 Å². The molecule has 0 aromatic carbocycles. The van der Waals surface area contributed by atoms with E-state index in [-0.39, 0.29) is 11.9 Å². The highest BCUT2D eigenvalue weighted by molar-refractivity contribution is 7.92. The van der Waals surface area contributed by atoms with Crippen molar-refractivity contribution in [1.29, 1.82) is 0 Å². The summed E-state index contributed by atoms with van der Waals surface area (Å²) in [5.74, 6) is 0.326. The molecular weight excluding hydrogens is 258 g/mol. The van der Waals surface area contributed by atoms with E-state index in [9.17, 15) is 8.42 Å². The number of nitrogens with zero attached hydrogens (tertiary/aromatic N) is 1. The van der Waals surface area contributed by atoms with Crippen LogP contribution in [0.25, 0.3) is 0 Å². The smallest absolute Gasteiger partial charge is 0.153 e. The fourth-order valence-corrected chi connectivity index (χ4v) is 5.01. The van der Waals surface area contributed by atoms with Gasteiger partial charge in [0.2, 0.25) is 0 Å². The van der Waals surface area contributed by atoms with Gasteiger partial charge in [0.1, 0.15) is 0 Å². The van der Waals surface area contributed by atoms with Crippen molar-refractivity contribution in [3.63, 3.8) is 0 Å². The van der Waals surface area contributed by atoms with Crippen molar-refractivity contribution in [2.45, 2.75) is 37.4 Å². The fraction of sp³-hybridized carbons (Fsp3) is 0.727. The molecule has 1 aliphatic heterocycles. The number of sulfone groups is 1. The van der Waals surface area contributed by atoms with Gasteiger partial charge in [0.25, 0.3) is 0 Å². The average molecular weight is 275 g/mol. The molecule has 96 valence electrons. The highest BCUT2D eigenvalue weighted by atomic mass is 32.2. The maximum absolute atomic E-state index is 11.9. The van der Waals surface area contributed by atoms with Crippen molar-refractivity contribution in [1.82, 2.24) is 4.98 Å². The molecule has 6 heteroatoms. The molecule has 1 N–H and O–H groups in total. The topological polar surface area (TPSA) is 67.3 Å². The zero-order chi connectivity index (χ0) is 12.3. The van der Waals surface area contributed by atoms with Gasteiger partial charge in [-0.25, -0.2) is 13.4 Å². The minimum atomic E-state index is -2.91. The summed E-state index contributed by atoms with van der Waals surface area (Å²) in [7, 11) is -2.91. The first-order valence-electron chi connectivity index (χ1n) is 5.87. The average Bonchev–Trinajstić information content (AvgIpc) is 2.70. The molecule has 2 heterocycles. The molecule has 0 bridgehead atoms. The van der Waals surface area contributed by atoms with Gasteiger partial charge in [0.15, 0.2) is 9.84 Å². The van der Waals surface area contributed by atoms with Crippen molar-refractivity contribution < 1.29 is 13.5 Å². The molecular formula is C11H17NO3S2. The van der Waals surface area contributed by atoms with E-state index in [0.717, 1.165) is 30.0 Å². The van der Waals surface area contributed by atoms with Crippen LogP contribution >= 0.6 is 11.3 Å². The third kappa shape index (κ3) is 3.26. The van der Waals surface area contributed by atoms with Crippen LogP contribution in [-0.2, 0) is 22.7 Å². The van der Waals surface area contributed by atoms with Gasteiger partial charge in [0, 0.05) is 24.8 Å². The summed E-state index contributed by atoms with van der Waals surface area (Å²) >= 11 is 1.50. The van der Waals surface area contributed by atoms with Crippen LogP contribution in [0.1, 0.15) is 30.0 Å². The largest absolute Gasteiger partial charge is 0.396 e. The molecule has 2 rings (SSSR count). The molecule has 1 aliphatic rings. The van der Waals surface area contributed by atoms with Crippen LogP contribution in [0.4, 0.5) is 0 Å². The van der Waals surface area contributed by atoms with Crippen LogP contribution in [0.2, 0.25) is 0 Å². The summed E-state index contributed by atoms with van der Waals surface area (Å²) in [6.07, 6.45) is 3.65. The summed E-state index contributed by atoms with van der Waals surface area (Å²) in [5.41, 5.74) is 0.862. The van der Waals surface area contributed by atoms with E-state index < -0.39 is 9.84 Å². The second-order valence-corrected chi connectivity index (χ2v) is 7.74. The maximum atomic E-state index is 11.9. The summed E-state index contributed by atoms with van der Waals surface area (Å²) in [6.45, 7) is 0.0882. The summed E-state index contributed by atoms with van der Waals surface area (Å²) in [4.78, 5) is 4.35. The lowest BCUT2D eigenvalue weighted by Gasteiger charge is -2.21. The predicted molar refractivity (Wildman–Crippen MR) is 68.0 cm³/mol. The van der Waals surface area contributed by atoms with Gasteiger partial charge in [-0.1, -0.05) is 6.42 Å². The van der Waals surface area contributed by atoms with E-state index in [1.54, 1.807) is 0 Å². The summed E-state index contributed by atoms with van der Waals surface area (Å²) in [6, 6.07) is 0. The predicted octanol–water partition coefficient (Wildman–Crippen LogP) is 1.19. The summed E-state index contributed by atoms with van der Waals surface area (Å²) in [5, 5.41) is 11.3. The van der Waals surface area contributed by atoms with E-state index in [1.165, 1.54) is 11.3 Å². The Balaban J connectivity index is 2.04. The molecule has 1 aromatic rings. The van der Waals surface area contributed by atoms with Crippen LogP contribution in [0.15, 0.2) is 5.38 Å². The number of thiazole rings is 1. The van der Waals surface area contributed by atoms with Gasteiger partial charge >= 0.3 is 0 Å². The van der Waals surface area contributed by atoms with Crippen molar-refractivity contribution >= 4 is 21.2 Å². The molecule has 1 fully saturated rings. The Hall–Kier alpha value is -0.460. The van der Waals surface area contributed by atoms with Crippen LogP contribution in [0.5, 0.6) is 0 Å². The molecule has 0 spiro atoms. The van der Waals surface area contributed by atoms with Crippen LogP contribution < -0.4 is 0 Å². The second-order valence-electron chi connectivity index (χ2n) is 4.40. The van der Waals surface area contributed by atoms with E-state index in [0.29, 0.717) is 18.6 Å². The third-order valence-electron chi connectivity index (χ3n) is 3.08. The molecule has 0 amide bonds. The molecule has 0 radical (unpaired) electrons. The van der Waals surface area contributed by atoms with E-state index in [4.69, 9.17) is 5.11 Å². The van der Waals surface area contributed by atoms with Crippen LogP contribution in [0, 0.1) is 0 Å². The molecule has 1 atom stereocenters. The number of rotatable bonds is 4. The Kier molecular flexibility index (Phi) is 4.17. The summed E-state index contributed by atoms with van der Waals surface area (Å²) < 4.78 is 23.7. The van der Waals surface area contributed by atoms with Gasteiger partial charge in [-0.3, -0.25) is 0 Å². The van der Waals surface area contributed by atoms with Gasteiger partial charge < -0.3 is 5.11 Å². The number of aliphatic hydroxyl groups is 1. The van der Waals surface area contributed by atoms with E-state index in [2.05, 4.69) is 4.98 Å². The number of hydrogen-bond donors (Lipinski definition) is 1. The maximum Gasteiger partial charge on any atom is 0.153 e. The normalized spacial score (nSPS) is 23.7. The zero-order valence-corrected chi connectivity index (χ0v) is 11.3. The number of aromatic nitrogens is 1. The third-order valence-corrected chi connectivity index (χ3v) is 6.28. The Bertz CT molecular complexity index is 467. The molecule has 1 aromatic heterocycles. The minimum Gasteiger partial charge on any atom is -0.396 e. The standard InChI is InChI=1S/C11H17NO3S2/c13-5-4-9-8-16-11(12-9)7-10-3-1-2-6-17(10,14)15/h8,10,13H,1-7H2. The highest BCUT2D eigenvalue weighted by Gasteiger charge is 2.29. The lowest BCUT2D eigenvalue weighted by Crippen LogP contribution is -2.30. The first kappa shape index (κ1) is 13.0. The highest BCUT2D eigenvalue weighted by Crippen LogP contribution is 2.24. The molecule has 0 saturated carbocycles. The van der Waals surface area contributed by atoms with Gasteiger partial charge in [0.05, 0.1) is 21.7 Å². The van der Waals surface area contributed by atoms with Crippen molar-refractivity contribution in [3.05, 3.63) is 16.1 Å². The Morgan fingerprint density at radius 2 is 2.29 bits per heavy atom. The Labute approximate surface area is 106 Å². The molecule has 4 nitrogen and oxygen atoms in total. The number of hydrogen-bond acceptors (Lipinski definition) is 5. The van der Waals surface area contributed by atoms with Gasteiger partial charge in [-0.2, -0.15) is 0 Å². The Morgan fingerprint density at radius 1 is 1.47 bits per heavy atom. The van der Waals surface area contributed by atoms with E-state index >= 15 is 0 Å². The van der Waals surface area contributed by atoms with Crippen molar-refractivity contribution in [3.8, 4) is 0 Å². The quantitative estimate of drug-likeness (QED) is 0.896. The number of aliphatic hydroxyl groups excluding tert-OH is 1. The fourth-order valence-electron chi connectivity index (χ4n) is 2.12. The SMILES string of the molecule is O=S1(=O)CCCCC1Cc1nc(CCO)cs1. The van der Waals surface area contributed by atoms with Crippen molar-refractivity contribution in [2.24, 2.45) is 0 Å². The lowest BCUT2D eigenvalue weighted by atomic mass is 10.1. The lowest BCUT2D eigenvalue weighted by molar-refractivity contribution is 0.298. The van der Waals surface area contributed by atoms with Crippen LogP contribution in [-0.4, -0.2) is 36.1 Å². The minimum absolute atomic E-state index is 0.0882. The first-order chi connectivity index (χ1) is 8.12. The zero-order valence-electron chi connectivity index (χ0n) is 9.63. The molecule has 1 saturated heterocycles. The monoisotopic (exact) mass is 275 g/mol. The van der Waals surface area contributed by atoms with Gasteiger partial charge in [-0.15, -0.1) is 11.3 Å². The molecule has 17 heavy (non-hydrogen) atoms. The Morgan fingerprint density at radius 3 is 3.00 bits per heavy atom. The molecule has 0 aliphatic carbocycles. The van der Waals surface area contributed by atoms with Crippen molar-refractivity contribution in [2.75, 3.05) is 12.4 Å².